The molecule has 3 N–H and O–H groups in total. The normalized spacial score (nSPS) is 22.0. The van der Waals surface area contributed by atoms with Crippen molar-refractivity contribution < 1.29 is 14.4 Å². The number of carbonyl (C=O) groups excluding carboxylic acids is 1. The number of rotatable bonds is 3. The zero-order valence-corrected chi connectivity index (χ0v) is 13.9. The van der Waals surface area contributed by atoms with Gasteiger partial charge in [-0.3, -0.25) is 10.0 Å². The van der Waals surface area contributed by atoms with Crippen LogP contribution in [0.3, 0.4) is 0 Å². The largest absolute Gasteiger partial charge is 0.423 e. The number of oxazole rings is 1. The topological polar surface area (TPSA) is 104 Å². The van der Waals surface area contributed by atoms with E-state index in [1.807, 2.05) is 5.38 Å². The lowest BCUT2D eigenvalue weighted by Crippen LogP contribution is -2.67. The molecule has 0 spiro atoms. The maximum atomic E-state index is 12.0. The number of nitrogens with one attached hydrogen (secondary N) is 2. The van der Waals surface area contributed by atoms with Crippen LogP contribution in [0.5, 0.6) is 0 Å². The Morgan fingerprint density at radius 1 is 1.40 bits per heavy atom. The number of hydrogen-bond acceptors (Lipinski definition) is 8. The van der Waals surface area contributed by atoms with E-state index in [1.54, 1.807) is 23.8 Å². The summed E-state index contributed by atoms with van der Waals surface area (Å²) >= 11 is 1.49. The first kappa shape index (κ1) is 14.8. The monoisotopic (exact) mass is 357 g/mol. The molecule has 1 aromatic carbocycles. The molecule has 128 valence electrons. The molecule has 0 radical (unpaired) electrons. The van der Waals surface area contributed by atoms with Crippen LogP contribution in [0.25, 0.3) is 21.7 Å². The molecule has 2 unspecified atom stereocenters. The summed E-state index contributed by atoms with van der Waals surface area (Å²) in [5, 5.41) is 15.2. The number of amides is 1. The molecule has 3 aliphatic heterocycles. The van der Waals surface area contributed by atoms with Gasteiger partial charge < -0.3 is 14.6 Å². The summed E-state index contributed by atoms with van der Waals surface area (Å²) in [6, 6.07) is 4.84. The molecule has 0 aliphatic carbocycles. The number of hydroxylamine groups is 1. The molecule has 3 aliphatic rings. The summed E-state index contributed by atoms with van der Waals surface area (Å²) in [5.41, 5.74) is 3.68. The summed E-state index contributed by atoms with van der Waals surface area (Å²) in [6.07, 6.45) is 2.90. The minimum Gasteiger partial charge on any atom is -0.423 e. The van der Waals surface area contributed by atoms with Crippen LogP contribution in [0.4, 0.5) is 6.01 Å². The summed E-state index contributed by atoms with van der Waals surface area (Å²) in [5.74, 6) is -0.612. The van der Waals surface area contributed by atoms with Crippen LogP contribution in [0, 0.1) is 0 Å². The number of fused-ring (bicyclic) bond motifs is 3. The van der Waals surface area contributed by atoms with Crippen molar-refractivity contribution in [3.05, 3.63) is 29.3 Å². The average molecular weight is 357 g/mol. The third-order valence-corrected chi connectivity index (χ3v) is 5.54. The molecule has 2 atom stereocenters. The van der Waals surface area contributed by atoms with Gasteiger partial charge >= 0.3 is 0 Å². The third kappa shape index (κ3) is 2.31. The zero-order valence-electron chi connectivity index (χ0n) is 13.1. The van der Waals surface area contributed by atoms with Gasteiger partial charge in [-0.25, -0.2) is 10.5 Å². The molecule has 0 saturated carbocycles. The number of carbonyl (C=O) groups is 1. The highest BCUT2D eigenvalue weighted by molar-refractivity contribution is 7.13. The number of hydrogen-bond donors (Lipinski definition) is 3. The lowest BCUT2D eigenvalue weighted by molar-refractivity contribution is 0.0708. The van der Waals surface area contributed by atoms with Gasteiger partial charge in [0.05, 0.1) is 11.1 Å². The second-order valence-corrected chi connectivity index (χ2v) is 7.21. The molecule has 9 heteroatoms. The van der Waals surface area contributed by atoms with Gasteiger partial charge in [-0.15, -0.1) is 11.3 Å². The molecule has 3 fully saturated rings. The molecule has 25 heavy (non-hydrogen) atoms. The smallest absolute Gasteiger partial charge is 0.298 e. The highest BCUT2D eigenvalue weighted by atomic mass is 32.1. The van der Waals surface area contributed by atoms with Crippen molar-refractivity contribution in [2.45, 2.75) is 18.5 Å². The number of thiazole rings is 1. The van der Waals surface area contributed by atoms with Gasteiger partial charge in [0.2, 0.25) is 0 Å². The Hall–Kier alpha value is -2.49. The third-order valence-electron chi connectivity index (χ3n) is 4.73. The molecule has 2 aromatic heterocycles. The van der Waals surface area contributed by atoms with Gasteiger partial charge in [-0.05, 0) is 18.6 Å². The Morgan fingerprint density at radius 2 is 2.20 bits per heavy atom. The fourth-order valence-corrected chi connectivity index (χ4v) is 4.23. The van der Waals surface area contributed by atoms with E-state index in [2.05, 4.69) is 20.2 Å². The van der Waals surface area contributed by atoms with Gasteiger partial charge in [0, 0.05) is 36.8 Å². The lowest BCUT2D eigenvalue weighted by atomic mass is 9.92. The van der Waals surface area contributed by atoms with E-state index in [0.717, 1.165) is 23.7 Å². The SMILES string of the molecule is O=C(NO)c1ccc(-c2nccs2)c2oc(N3CC4CC(C3)N4)nc12. The summed E-state index contributed by atoms with van der Waals surface area (Å²) < 4.78 is 6.06. The minimum absolute atomic E-state index is 0.271. The van der Waals surface area contributed by atoms with E-state index >= 15 is 0 Å². The van der Waals surface area contributed by atoms with E-state index in [9.17, 15) is 4.79 Å². The summed E-state index contributed by atoms with van der Waals surface area (Å²) in [6.45, 7) is 1.66. The molecule has 3 saturated heterocycles. The molecule has 8 nitrogen and oxygen atoms in total. The molecular weight excluding hydrogens is 342 g/mol. The number of nitrogens with zero attached hydrogens (tertiary/aromatic N) is 3. The lowest BCUT2D eigenvalue weighted by Gasteiger charge is -2.47. The van der Waals surface area contributed by atoms with E-state index in [4.69, 9.17) is 9.62 Å². The van der Waals surface area contributed by atoms with Crippen molar-refractivity contribution in [3.63, 3.8) is 0 Å². The number of piperidine rings is 1. The second kappa shape index (κ2) is 5.51. The number of benzene rings is 1. The predicted molar refractivity (Wildman–Crippen MR) is 91.9 cm³/mol. The number of anilines is 1. The van der Waals surface area contributed by atoms with Gasteiger partial charge in [-0.2, -0.15) is 4.98 Å². The van der Waals surface area contributed by atoms with Crippen LogP contribution < -0.4 is 15.7 Å². The van der Waals surface area contributed by atoms with Crippen molar-refractivity contribution in [1.82, 2.24) is 20.8 Å². The summed E-state index contributed by atoms with van der Waals surface area (Å²) in [7, 11) is 0. The van der Waals surface area contributed by atoms with Gasteiger partial charge in [-0.1, -0.05) is 0 Å². The van der Waals surface area contributed by atoms with E-state index in [-0.39, 0.29) is 5.56 Å². The van der Waals surface area contributed by atoms with Crippen molar-refractivity contribution in [2.75, 3.05) is 18.0 Å². The van der Waals surface area contributed by atoms with Crippen molar-refractivity contribution in [1.29, 1.82) is 0 Å². The molecule has 1 amide bonds. The molecular formula is C16H15N5O3S. The quantitative estimate of drug-likeness (QED) is 0.483. The van der Waals surface area contributed by atoms with Crippen LogP contribution in [0.15, 0.2) is 28.1 Å². The summed E-state index contributed by atoms with van der Waals surface area (Å²) in [4.78, 5) is 23.0. The first-order valence-corrected chi connectivity index (χ1v) is 8.89. The predicted octanol–water partition coefficient (Wildman–Crippen LogP) is 1.62. The Balaban J connectivity index is 1.65. The fraction of sp³-hybridized carbons (Fsp3) is 0.312. The standard InChI is InChI=1S/C16H15N5O3S/c22-14(20-23)10-1-2-11(15-17-3-4-25-15)13-12(10)19-16(24-13)21-6-8-5-9(7-21)18-8/h1-4,8-9,18,23H,5-7H2,(H,20,22). The van der Waals surface area contributed by atoms with Crippen LogP contribution in [0.1, 0.15) is 16.8 Å². The molecule has 5 heterocycles. The van der Waals surface area contributed by atoms with Crippen molar-refractivity contribution in [3.8, 4) is 10.6 Å². The Bertz CT molecular complexity index is 938. The van der Waals surface area contributed by atoms with E-state index < -0.39 is 5.91 Å². The van der Waals surface area contributed by atoms with Gasteiger partial charge in [0.1, 0.15) is 10.5 Å². The average Bonchev–Trinajstić information content (AvgIpc) is 3.29. The minimum atomic E-state index is -0.612. The van der Waals surface area contributed by atoms with Crippen LogP contribution >= 0.6 is 11.3 Å². The highest BCUT2D eigenvalue weighted by Crippen LogP contribution is 2.36. The van der Waals surface area contributed by atoms with Crippen molar-refractivity contribution >= 4 is 34.4 Å². The Kier molecular flexibility index (Phi) is 3.27. The van der Waals surface area contributed by atoms with E-state index in [0.29, 0.717) is 29.2 Å². The Morgan fingerprint density at radius 3 is 2.88 bits per heavy atom. The maximum absolute atomic E-state index is 12.0. The van der Waals surface area contributed by atoms with Gasteiger partial charge in [0.25, 0.3) is 11.9 Å². The fourth-order valence-electron chi connectivity index (χ4n) is 3.57. The van der Waals surface area contributed by atoms with Crippen LogP contribution in [0.2, 0.25) is 0 Å². The molecule has 6 rings (SSSR count). The first-order valence-electron chi connectivity index (χ1n) is 8.02. The first-order chi connectivity index (χ1) is 12.2. The van der Waals surface area contributed by atoms with E-state index in [1.165, 1.54) is 17.8 Å². The van der Waals surface area contributed by atoms with Gasteiger partial charge in [0.15, 0.2) is 5.58 Å². The second-order valence-electron chi connectivity index (χ2n) is 6.31. The van der Waals surface area contributed by atoms with Crippen molar-refractivity contribution in [2.24, 2.45) is 0 Å². The number of aromatic nitrogens is 2. The van der Waals surface area contributed by atoms with Crippen LogP contribution in [-0.4, -0.2) is 46.3 Å². The maximum Gasteiger partial charge on any atom is 0.298 e. The van der Waals surface area contributed by atoms with Crippen LogP contribution in [-0.2, 0) is 0 Å². The number of piperazine rings is 1. The molecule has 3 aromatic rings. The molecule has 2 bridgehead atoms. The zero-order chi connectivity index (χ0) is 17.0. The highest BCUT2D eigenvalue weighted by Gasteiger charge is 2.38. The Labute approximate surface area is 146 Å².